The number of nitrogens with zero attached hydrogens (tertiary/aromatic N) is 2. The van der Waals surface area contributed by atoms with E-state index in [4.69, 9.17) is 0 Å². The van der Waals surface area contributed by atoms with Crippen molar-refractivity contribution in [2.75, 3.05) is 37.6 Å². The van der Waals surface area contributed by atoms with Gasteiger partial charge in [0.2, 0.25) is 5.91 Å². The maximum Gasteiger partial charge on any atom is 0.234 e. The van der Waals surface area contributed by atoms with Gasteiger partial charge in [0.25, 0.3) is 0 Å². The highest BCUT2D eigenvalue weighted by atomic mass is 19.1. The molecule has 1 heterocycles. The van der Waals surface area contributed by atoms with Crippen LogP contribution in [0.2, 0.25) is 0 Å². The van der Waals surface area contributed by atoms with Gasteiger partial charge in [-0.2, -0.15) is 0 Å². The number of hydrogen-bond donors (Lipinski definition) is 2. The van der Waals surface area contributed by atoms with Crippen molar-refractivity contribution in [3.05, 3.63) is 59.9 Å². The van der Waals surface area contributed by atoms with Crippen molar-refractivity contribution in [2.45, 2.75) is 19.9 Å². The van der Waals surface area contributed by atoms with Crippen LogP contribution in [0.4, 0.5) is 10.1 Å². The van der Waals surface area contributed by atoms with E-state index in [0.717, 1.165) is 37.4 Å². The molecule has 3 rings (SSSR count). The lowest BCUT2D eigenvalue weighted by Gasteiger charge is -2.36. The van der Waals surface area contributed by atoms with E-state index in [2.05, 4.69) is 15.1 Å². The lowest BCUT2D eigenvalue weighted by Crippen LogP contribution is -2.50. The fourth-order valence-corrected chi connectivity index (χ4v) is 3.61. The number of para-hydroxylation sites is 2. The highest BCUT2D eigenvalue weighted by Crippen LogP contribution is 2.27. The Morgan fingerprint density at radius 3 is 2.32 bits per heavy atom. The van der Waals surface area contributed by atoms with Crippen molar-refractivity contribution < 1.29 is 14.3 Å². The predicted octanol–water partition coefficient (Wildman–Crippen LogP) is 3.17. The summed E-state index contributed by atoms with van der Waals surface area (Å²) in [6.07, 6.45) is 0. The Kier molecular flexibility index (Phi) is 6.52. The number of rotatable bonds is 6. The molecule has 2 aromatic rings. The summed E-state index contributed by atoms with van der Waals surface area (Å²) in [6.45, 7) is 7.44. The van der Waals surface area contributed by atoms with Gasteiger partial charge in [-0.3, -0.25) is 9.69 Å². The SMILES string of the molecule is CC(C)C(NC(=O)CN1CCN(c2ccccc2O)CC1)c1ccc(F)cc1. The van der Waals surface area contributed by atoms with Crippen LogP contribution in [0.25, 0.3) is 0 Å². The van der Waals surface area contributed by atoms with Gasteiger partial charge in [-0.05, 0) is 35.7 Å². The van der Waals surface area contributed by atoms with Crippen LogP contribution in [-0.2, 0) is 4.79 Å². The van der Waals surface area contributed by atoms with E-state index in [1.807, 2.05) is 32.0 Å². The van der Waals surface area contributed by atoms with Crippen molar-refractivity contribution in [2.24, 2.45) is 5.92 Å². The molecule has 1 unspecified atom stereocenters. The highest BCUT2D eigenvalue weighted by Gasteiger charge is 2.23. The molecule has 0 bridgehead atoms. The molecule has 2 N–H and O–H groups in total. The molecule has 1 aliphatic heterocycles. The first-order valence-corrected chi connectivity index (χ1v) is 9.74. The average molecular weight is 385 g/mol. The van der Waals surface area contributed by atoms with Crippen molar-refractivity contribution >= 4 is 11.6 Å². The Bertz CT molecular complexity index is 787. The minimum atomic E-state index is -0.278. The molecule has 1 saturated heterocycles. The fourth-order valence-electron chi connectivity index (χ4n) is 3.61. The van der Waals surface area contributed by atoms with Crippen LogP contribution < -0.4 is 10.2 Å². The largest absolute Gasteiger partial charge is 0.506 e. The Morgan fingerprint density at radius 1 is 1.07 bits per heavy atom. The first-order chi connectivity index (χ1) is 13.4. The van der Waals surface area contributed by atoms with Crippen LogP contribution in [0.3, 0.4) is 0 Å². The van der Waals surface area contributed by atoms with Gasteiger partial charge in [0.15, 0.2) is 0 Å². The number of nitrogens with one attached hydrogen (secondary N) is 1. The average Bonchev–Trinajstić information content (AvgIpc) is 2.68. The first-order valence-electron chi connectivity index (χ1n) is 9.74. The standard InChI is InChI=1S/C22H28FN3O2/c1-16(2)22(17-7-9-18(23)10-8-17)24-21(28)15-25-11-13-26(14-12-25)19-5-3-4-6-20(19)27/h3-10,16,22,27H,11-15H2,1-2H3,(H,24,28). The van der Waals surface area contributed by atoms with E-state index in [1.165, 1.54) is 12.1 Å². The normalized spacial score (nSPS) is 16.2. The second-order valence-corrected chi connectivity index (χ2v) is 7.59. The molecule has 1 amide bonds. The Hall–Kier alpha value is -2.60. The monoisotopic (exact) mass is 385 g/mol. The second-order valence-electron chi connectivity index (χ2n) is 7.59. The maximum absolute atomic E-state index is 13.2. The predicted molar refractivity (Wildman–Crippen MR) is 109 cm³/mol. The Balaban J connectivity index is 1.53. The number of aromatic hydroxyl groups is 1. The summed E-state index contributed by atoms with van der Waals surface area (Å²) in [5.41, 5.74) is 1.75. The summed E-state index contributed by atoms with van der Waals surface area (Å²) in [4.78, 5) is 16.8. The minimum absolute atomic E-state index is 0.0287. The summed E-state index contributed by atoms with van der Waals surface area (Å²) in [5.74, 6) is 0.180. The van der Waals surface area contributed by atoms with Gasteiger partial charge in [0, 0.05) is 26.2 Å². The Labute approximate surface area is 165 Å². The van der Waals surface area contributed by atoms with E-state index >= 15 is 0 Å². The summed E-state index contributed by atoms with van der Waals surface area (Å²) < 4.78 is 13.2. The number of piperazine rings is 1. The summed E-state index contributed by atoms with van der Waals surface area (Å²) >= 11 is 0. The van der Waals surface area contributed by atoms with Gasteiger partial charge in [-0.1, -0.05) is 38.1 Å². The lowest BCUT2D eigenvalue weighted by molar-refractivity contribution is -0.123. The molecule has 2 aromatic carbocycles. The molecular formula is C22H28FN3O2. The van der Waals surface area contributed by atoms with E-state index in [9.17, 15) is 14.3 Å². The molecule has 6 heteroatoms. The number of carbonyl (C=O) groups excluding carboxylic acids is 1. The van der Waals surface area contributed by atoms with Crippen molar-refractivity contribution in [3.63, 3.8) is 0 Å². The lowest BCUT2D eigenvalue weighted by atomic mass is 9.96. The third-order valence-electron chi connectivity index (χ3n) is 5.17. The minimum Gasteiger partial charge on any atom is -0.506 e. The zero-order chi connectivity index (χ0) is 20.1. The molecule has 28 heavy (non-hydrogen) atoms. The smallest absolute Gasteiger partial charge is 0.234 e. The zero-order valence-corrected chi connectivity index (χ0v) is 16.4. The number of benzene rings is 2. The number of amides is 1. The van der Waals surface area contributed by atoms with Crippen LogP contribution in [0.1, 0.15) is 25.5 Å². The van der Waals surface area contributed by atoms with Crippen LogP contribution in [-0.4, -0.2) is 48.6 Å². The summed E-state index contributed by atoms with van der Waals surface area (Å²) in [5, 5.41) is 13.1. The molecule has 1 fully saturated rings. The third-order valence-corrected chi connectivity index (χ3v) is 5.17. The molecule has 1 atom stereocenters. The van der Waals surface area contributed by atoms with Gasteiger partial charge >= 0.3 is 0 Å². The molecule has 5 nitrogen and oxygen atoms in total. The van der Waals surface area contributed by atoms with Gasteiger partial charge in [-0.15, -0.1) is 0 Å². The molecular weight excluding hydrogens is 357 g/mol. The summed E-state index contributed by atoms with van der Waals surface area (Å²) in [7, 11) is 0. The van der Waals surface area contributed by atoms with Gasteiger partial charge in [0.05, 0.1) is 18.3 Å². The Morgan fingerprint density at radius 2 is 1.71 bits per heavy atom. The van der Waals surface area contributed by atoms with E-state index in [1.54, 1.807) is 18.2 Å². The first kappa shape index (κ1) is 20.1. The molecule has 0 aliphatic carbocycles. The van der Waals surface area contributed by atoms with E-state index < -0.39 is 0 Å². The number of hydrogen-bond acceptors (Lipinski definition) is 4. The number of halogens is 1. The molecule has 0 saturated carbocycles. The number of carbonyl (C=O) groups is 1. The van der Waals surface area contributed by atoms with Crippen molar-refractivity contribution in [1.29, 1.82) is 0 Å². The van der Waals surface area contributed by atoms with Gasteiger partial charge in [-0.25, -0.2) is 4.39 Å². The quantitative estimate of drug-likeness (QED) is 0.802. The van der Waals surface area contributed by atoms with Crippen molar-refractivity contribution in [3.8, 4) is 5.75 Å². The van der Waals surface area contributed by atoms with Crippen molar-refractivity contribution in [1.82, 2.24) is 10.2 Å². The highest BCUT2D eigenvalue weighted by molar-refractivity contribution is 5.78. The molecule has 0 spiro atoms. The molecule has 0 radical (unpaired) electrons. The number of phenolic OH excluding ortho intramolecular Hbond substituents is 1. The van der Waals surface area contributed by atoms with E-state index in [0.29, 0.717) is 6.54 Å². The molecule has 150 valence electrons. The topological polar surface area (TPSA) is 55.8 Å². The summed E-state index contributed by atoms with van der Waals surface area (Å²) in [6, 6.07) is 13.5. The van der Waals surface area contributed by atoms with Crippen LogP contribution in [0.15, 0.2) is 48.5 Å². The zero-order valence-electron chi connectivity index (χ0n) is 16.4. The maximum atomic E-state index is 13.2. The molecule has 0 aromatic heterocycles. The number of phenols is 1. The van der Waals surface area contributed by atoms with Gasteiger partial charge in [0.1, 0.15) is 11.6 Å². The molecule has 1 aliphatic rings. The van der Waals surface area contributed by atoms with Gasteiger partial charge < -0.3 is 15.3 Å². The third kappa shape index (κ3) is 5.01. The van der Waals surface area contributed by atoms with Crippen LogP contribution in [0.5, 0.6) is 5.75 Å². The fraction of sp³-hybridized carbons (Fsp3) is 0.409. The van der Waals surface area contributed by atoms with Crippen LogP contribution >= 0.6 is 0 Å². The van der Waals surface area contributed by atoms with E-state index in [-0.39, 0.29) is 29.4 Å². The number of anilines is 1. The second kappa shape index (κ2) is 9.06. The van der Waals surface area contributed by atoms with Crippen LogP contribution in [0, 0.1) is 11.7 Å².